The van der Waals surface area contributed by atoms with Crippen molar-refractivity contribution in [3.63, 3.8) is 0 Å². The van der Waals surface area contributed by atoms with E-state index in [1.807, 2.05) is 12.1 Å². The Balaban J connectivity index is 1.58. The number of unbranched alkanes of at least 4 members (excludes halogenated alkanes) is 1. The van der Waals surface area contributed by atoms with Gasteiger partial charge in [-0.05, 0) is 80.8 Å². The van der Waals surface area contributed by atoms with Gasteiger partial charge in [0.25, 0.3) is 0 Å². The lowest BCUT2D eigenvalue weighted by Crippen LogP contribution is -2.38. The molecule has 3 rings (SSSR count). The van der Waals surface area contributed by atoms with Crippen LogP contribution in [0.3, 0.4) is 0 Å². The molecule has 2 amide bonds. The van der Waals surface area contributed by atoms with Crippen molar-refractivity contribution < 1.29 is 32.6 Å². The molecular weight excluding hydrogens is 497 g/mol. The lowest BCUT2D eigenvalue weighted by molar-refractivity contribution is -0.152. The summed E-state index contributed by atoms with van der Waals surface area (Å²) in [7, 11) is 1.76. The summed E-state index contributed by atoms with van der Waals surface area (Å²) in [5.74, 6) is -0.430. The maximum Gasteiger partial charge on any atom is 0.416 e. The summed E-state index contributed by atoms with van der Waals surface area (Å²) in [6, 6.07) is 10.7. The van der Waals surface area contributed by atoms with E-state index in [1.54, 1.807) is 16.8 Å². The van der Waals surface area contributed by atoms with Crippen molar-refractivity contribution in [1.29, 1.82) is 0 Å². The first-order chi connectivity index (χ1) is 17.8. The predicted molar refractivity (Wildman–Crippen MR) is 139 cm³/mol. The molecule has 1 saturated heterocycles. The molecule has 1 fully saturated rings. The van der Waals surface area contributed by atoms with E-state index in [0.717, 1.165) is 61.8 Å². The fraction of sp³-hybridized carbons (Fsp3) is 0.517. The molecule has 2 aromatic carbocycles. The summed E-state index contributed by atoms with van der Waals surface area (Å²) in [5, 5.41) is 9.43. The van der Waals surface area contributed by atoms with Crippen molar-refractivity contribution in [3.05, 3.63) is 64.7 Å². The van der Waals surface area contributed by atoms with E-state index >= 15 is 0 Å². The zero-order chi connectivity index (χ0) is 28.1. The van der Waals surface area contributed by atoms with Gasteiger partial charge in [0.05, 0.1) is 11.6 Å². The topological polar surface area (TPSA) is 70.1 Å². The zero-order valence-corrected chi connectivity index (χ0v) is 22.5. The minimum atomic E-state index is -4.38. The van der Waals surface area contributed by atoms with Gasteiger partial charge in [-0.2, -0.15) is 13.2 Å². The van der Waals surface area contributed by atoms with E-state index in [1.165, 1.54) is 26.0 Å². The van der Waals surface area contributed by atoms with Crippen LogP contribution in [0.1, 0.15) is 68.7 Å². The minimum Gasteiger partial charge on any atom is -0.478 e. The summed E-state index contributed by atoms with van der Waals surface area (Å²) in [4.78, 5) is 27.6. The van der Waals surface area contributed by atoms with Gasteiger partial charge in [0.1, 0.15) is 5.75 Å². The number of carboxylic acid groups (broad SMARTS) is 1. The number of hydrogen-bond donors (Lipinski definition) is 1. The van der Waals surface area contributed by atoms with Gasteiger partial charge in [-0.3, -0.25) is 0 Å². The number of benzene rings is 2. The fourth-order valence-corrected chi connectivity index (χ4v) is 4.58. The van der Waals surface area contributed by atoms with Gasteiger partial charge in [0.2, 0.25) is 0 Å². The normalized spacial score (nSPS) is 16.3. The highest BCUT2D eigenvalue weighted by molar-refractivity contribution is 5.77. The van der Waals surface area contributed by atoms with Crippen molar-refractivity contribution in [3.8, 4) is 5.75 Å². The summed E-state index contributed by atoms with van der Waals surface area (Å²) in [6.45, 7) is 5.97. The smallest absolute Gasteiger partial charge is 0.416 e. The average Bonchev–Trinajstić information content (AvgIpc) is 3.11. The lowest BCUT2D eigenvalue weighted by atomic mass is 9.99. The lowest BCUT2D eigenvalue weighted by Gasteiger charge is -2.24. The molecule has 1 heterocycles. The van der Waals surface area contributed by atoms with Crippen LogP contribution in [0.4, 0.5) is 18.0 Å². The third-order valence-corrected chi connectivity index (χ3v) is 7.01. The van der Waals surface area contributed by atoms with Crippen molar-refractivity contribution in [2.75, 3.05) is 13.6 Å². The SMILES string of the molecule is CCCCc1cc(CCC[C@H]2CN(Cc3ccc(C(F)(F)F)cc3)C(=O)N2C)ccc1OC(C)(C)C(=O)O. The van der Waals surface area contributed by atoms with Gasteiger partial charge in [0.15, 0.2) is 5.60 Å². The number of carbonyl (C=O) groups is 2. The number of aliphatic carboxylic acids is 1. The first kappa shape index (κ1) is 29.3. The molecule has 0 aliphatic carbocycles. The van der Waals surface area contributed by atoms with Crippen LogP contribution < -0.4 is 4.74 Å². The summed E-state index contributed by atoms with van der Waals surface area (Å²) >= 11 is 0. The second-order valence-electron chi connectivity index (χ2n) is 10.5. The number of ether oxygens (including phenoxy) is 1. The summed E-state index contributed by atoms with van der Waals surface area (Å²) < 4.78 is 44.3. The van der Waals surface area contributed by atoms with Crippen molar-refractivity contribution >= 4 is 12.0 Å². The van der Waals surface area contributed by atoms with Crippen LogP contribution in [-0.4, -0.2) is 52.1 Å². The number of carbonyl (C=O) groups excluding carboxylic acids is 1. The molecule has 1 N–H and O–H groups in total. The van der Waals surface area contributed by atoms with E-state index in [9.17, 15) is 27.9 Å². The van der Waals surface area contributed by atoms with E-state index in [-0.39, 0.29) is 18.6 Å². The van der Waals surface area contributed by atoms with Crippen molar-refractivity contribution in [2.45, 2.75) is 83.7 Å². The first-order valence-electron chi connectivity index (χ1n) is 13.0. The number of halogens is 3. The molecule has 0 spiro atoms. The number of carboxylic acids is 1. The molecule has 9 heteroatoms. The van der Waals surface area contributed by atoms with Crippen LogP contribution in [0.2, 0.25) is 0 Å². The van der Waals surface area contributed by atoms with Gasteiger partial charge in [-0.15, -0.1) is 0 Å². The molecule has 1 aliphatic rings. The van der Waals surface area contributed by atoms with Crippen LogP contribution in [-0.2, 0) is 30.4 Å². The predicted octanol–water partition coefficient (Wildman–Crippen LogP) is 6.55. The van der Waals surface area contributed by atoms with Crippen LogP contribution in [0.5, 0.6) is 5.75 Å². The van der Waals surface area contributed by atoms with E-state index < -0.39 is 23.3 Å². The highest BCUT2D eigenvalue weighted by Gasteiger charge is 2.35. The van der Waals surface area contributed by atoms with E-state index in [2.05, 4.69) is 13.0 Å². The Morgan fingerprint density at radius 1 is 1.05 bits per heavy atom. The third kappa shape index (κ3) is 7.42. The standard InChI is InChI=1S/C29H37F3N2O4/c1-5-6-9-22-17-20(13-16-25(22)38-28(2,3)26(35)36)8-7-10-24-19-34(27(37)33(24)4)18-21-11-14-23(15-12-21)29(30,31)32/h11-17,24H,5-10,18-19H2,1-4H3,(H,35,36)/t24-/m0/s1. The molecule has 2 aromatic rings. The van der Waals surface area contributed by atoms with E-state index in [0.29, 0.717) is 17.9 Å². The molecule has 0 unspecified atom stereocenters. The van der Waals surface area contributed by atoms with Gasteiger partial charge < -0.3 is 19.6 Å². The number of rotatable bonds is 12. The number of urea groups is 1. The van der Waals surface area contributed by atoms with Crippen LogP contribution in [0.25, 0.3) is 0 Å². The Morgan fingerprint density at radius 3 is 2.32 bits per heavy atom. The van der Waals surface area contributed by atoms with E-state index in [4.69, 9.17) is 4.74 Å². The summed E-state index contributed by atoms with van der Waals surface area (Å²) in [6.07, 6.45) is 0.846. The van der Waals surface area contributed by atoms with Gasteiger partial charge in [-0.25, -0.2) is 9.59 Å². The Hall–Kier alpha value is -3.23. The molecule has 0 radical (unpaired) electrons. The molecule has 1 aliphatic heterocycles. The average molecular weight is 535 g/mol. The quantitative estimate of drug-likeness (QED) is 0.335. The van der Waals surface area contributed by atoms with Crippen LogP contribution in [0, 0.1) is 0 Å². The number of likely N-dealkylation sites (N-methyl/N-ethyl adjacent to an activating group) is 1. The van der Waals surface area contributed by atoms with Crippen LogP contribution in [0.15, 0.2) is 42.5 Å². The second kappa shape index (κ2) is 12.1. The van der Waals surface area contributed by atoms with Gasteiger partial charge in [-0.1, -0.05) is 37.6 Å². The number of nitrogens with zero attached hydrogens (tertiary/aromatic N) is 2. The molecule has 38 heavy (non-hydrogen) atoms. The molecular formula is C29H37F3N2O4. The Kier molecular flexibility index (Phi) is 9.33. The molecule has 0 bridgehead atoms. The molecule has 1 atom stereocenters. The molecule has 0 saturated carbocycles. The number of alkyl halides is 3. The third-order valence-electron chi connectivity index (χ3n) is 7.01. The number of hydrogen-bond acceptors (Lipinski definition) is 3. The summed E-state index contributed by atoms with van der Waals surface area (Å²) in [5.41, 5.74) is 0.758. The monoisotopic (exact) mass is 534 g/mol. The second-order valence-corrected chi connectivity index (χ2v) is 10.5. The highest BCUT2D eigenvalue weighted by Crippen LogP contribution is 2.30. The maximum absolute atomic E-state index is 12.8. The van der Waals surface area contributed by atoms with Gasteiger partial charge in [0, 0.05) is 20.1 Å². The zero-order valence-electron chi connectivity index (χ0n) is 22.5. The Bertz CT molecular complexity index is 1120. The van der Waals surface area contributed by atoms with Crippen LogP contribution >= 0.6 is 0 Å². The maximum atomic E-state index is 12.8. The Labute approximate surface area is 222 Å². The highest BCUT2D eigenvalue weighted by atomic mass is 19.4. The largest absolute Gasteiger partial charge is 0.478 e. The molecule has 0 aromatic heterocycles. The fourth-order valence-electron chi connectivity index (χ4n) is 4.58. The molecule has 6 nitrogen and oxygen atoms in total. The number of aryl methyl sites for hydroxylation is 2. The Morgan fingerprint density at radius 2 is 1.71 bits per heavy atom. The van der Waals surface area contributed by atoms with Gasteiger partial charge >= 0.3 is 18.2 Å². The minimum absolute atomic E-state index is 0.0236. The van der Waals surface area contributed by atoms with Crippen molar-refractivity contribution in [1.82, 2.24) is 9.80 Å². The number of amides is 2. The van der Waals surface area contributed by atoms with Crippen molar-refractivity contribution in [2.24, 2.45) is 0 Å². The first-order valence-corrected chi connectivity index (χ1v) is 13.0. The molecule has 208 valence electrons.